The average molecular weight is 156 g/mol. The summed E-state index contributed by atoms with van der Waals surface area (Å²) in [5, 5.41) is 0. The first-order valence-electron chi connectivity index (χ1n) is 4.91. The molecule has 0 aromatic rings. The maximum atomic E-state index is 13.4. The molecule has 0 nitrogen and oxygen atoms in total. The molecule has 2 saturated carbocycles. The van der Waals surface area contributed by atoms with Crippen molar-refractivity contribution in [3.8, 4) is 0 Å². The summed E-state index contributed by atoms with van der Waals surface area (Å²) in [5.41, 5.74) is 0. The van der Waals surface area contributed by atoms with Gasteiger partial charge in [-0.2, -0.15) is 0 Å². The highest BCUT2D eigenvalue weighted by Gasteiger charge is 2.37. The molecule has 2 aliphatic carbocycles. The van der Waals surface area contributed by atoms with Crippen molar-refractivity contribution in [2.45, 2.75) is 45.2 Å². The molecule has 64 valence electrons. The van der Waals surface area contributed by atoms with Crippen LogP contribution in [0.15, 0.2) is 0 Å². The van der Waals surface area contributed by atoms with E-state index in [-0.39, 0.29) is 0 Å². The van der Waals surface area contributed by atoms with Crippen LogP contribution in [0.4, 0.5) is 4.39 Å². The van der Waals surface area contributed by atoms with Crippen molar-refractivity contribution < 1.29 is 4.39 Å². The fraction of sp³-hybridized carbons (Fsp3) is 1.00. The third-order valence-electron chi connectivity index (χ3n) is 3.52. The Morgan fingerprint density at radius 2 is 2.00 bits per heavy atom. The molecule has 0 spiro atoms. The van der Waals surface area contributed by atoms with Crippen LogP contribution in [-0.2, 0) is 0 Å². The van der Waals surface area contributed by atoms with E-state index < -0.39 is 6.17 Å². The van der Waals surface area contributed by atoms with Crippen molar-refractivity contribution in [1.82, 2.24) is 0 Å². The van der Waals surface area contributed by atoms with Crippen LogP contribution in [-0.4, -0.2) is 6.17 Å². The molecule has 0 heterocycles. The highest BCUT2D eigenvalue weighted by atomic mass is 19.1. The van der Waals surface area contributed by atoms with Crippen molar-refractivity contribution in [3.05, 3.63) is 0 Å². The Kier molecular flexibility index (Phi) is 1.90. The van der Waals surface area contributed by atoms with Gasteiger partial charge in [0, 0.05) is 0 Å². The van der Waals surface area contributed by atoms with E-state index in [1.165, 1.54) is 19.3 Å². The second-order valence-electron chi connectivity index (χ2n) is 4.45. The second kappa shape index (κ2) is 2.76. The zero-order valence-electron chi connectivity index (χ0n) is 7.22. The highest BCUT2D eigenvalue weighted by Crippen LogP contribution is 2.43. The first-order chi connectivity index (χ1) is 5.27. The van der Waals surface area contributed by atoms with Gasteiger partial charge in [0.1, 0.15) is 6.17 Å². The number of hydrogen-bond donors (Lipinski definition) is 0. The molecule has 4 atom stereocenters. The predicted molar refractivity (Wildman–Crippen MR) is 44.1 cm³/mol. The number of rotatable bonds is 0. The lowest BCUT2D eigenvalue weighted by atomic mass is 9.67. The quantitative estimate of drug-likeness (QED) is 0.505. The van der Waals surface area contributed by atoms with Crippen molar-refractivity contribution in [1.29, 1.82) is 0 Å². The summed E-state index contributed by atoms with van der Waals surface area (Å²) in [5.74, 6) is 1.65. The largest absolute Gasteiger partial charge is 0.247 e. The minimum Gasteiger partial charge on any atom is -0.247 e. The van der Waals surface area contributed by atoms with E-state index >= 15 is 0 Å². The lowest BCUT2D eigenvalue weighted by Crippen LogP contribution is -2.35. The molecule has 2 rings (SSSR count). The Hall–Kier alpha value is -0.0700. The molecule has 0 radical (unpaired) electrons. The van der Waals surface area contributed by atoms with Crippen LogP contribution in [0, 0.1) is 17.8 Å². The van der Waals surface area contributed by atoms with Crippen LogP contribution in [0.1, 0.15) is 39.0 Å². The average Bonchev–Trinajstić information content (AvgIpc) is 2.01. The summed E-state index contributed by atoms with van der Waals surface area (Å²) in [6.45, 7) is 2.08. The van der Waals surface area contributed by atoms with Gasteiger partial charge < -0.3 is 0 Å². The molecule has 0 amide bonds. The summed E-state index contributed by atoms with van der Waals surface area (Å²) in [6.07, 6.45) is 5.66. The SMILES string of the molecule is CC1CC2CCCC(C2)C1F. The van der Waals surface area contributed by atoms with E-state index in [0.29, 0.717) is 11.8 Å². The van der Waals surface area contributed by atoms with Crippen LogP contribution >= 0.6 is 0 Å². The fourth-order valence-corrected chi connectivity index (χ4v) is 2.96. The van der Waals surface area contributed by atoms with Gasteiger partial charge in [-0.25, -0.2) is 4.39 Å². The minimum atomic E-state index is -0.480. The molecule has 0 aliphatic heterocycles. The number of hydrogen-bond acceptors (Lipinski definition) is 0. The van der Waals surface area contributed by atoms with Gasteiger partial charge in [0.15, 0.2) is 0 Å². The molecule has 0 aromatic carbocycles. The Morgan fingerprint density at radius 3 is 2.82 bits per heavy atom. The van der Waals surface area contributed by atoms with E-state index in [4.69, 9.17) is 0 Å². The van der Waals surface area contributed by atoms with Crippen molar-refractivity contribution >= 4 is 0 Å². The van der Waals surface area contributed by atoms with Gasteiger partial charge in [0.2, 0.25) is 0 Å². The van der Waals surface area contributed by atoms with Gasteiger partial charge >= 0.3 is 0 Å². The molecule has 1 heteroatoms. The maximum absolute atomic E-state index is 13.4. The Bertz CT molecular complexity index is 142. The Morgan fingerprint density at radius 1 is 1.18 bits per heavy atom. The van der Waals surface area contributed by atoms with Crippen LogP contribution in [0.3, 0.4) is 0 Å². The van der Waals surface area contributed by atoms with Gasteiger partial charge in [0.25, 0.3) is 0 Å². The molecule has 0 aromatic heterocycles. The van der Waals surface area contributed by atoms with E-state index in [9.17, 15) is 4.39 Å². The van der Waals surface area contributed by atoms with Gasteiger partial charge in [-0.15, -0.1) is 0 Å². The molecule has 2 fully saturated rings. The normalized spacial score (nSPS) is 50.7. The fourth-order valence-electron chi connectivity index (χ4n) is 2.96. The van der Waals surface area contributed by atoms with Gasteiger partial charge in [-0.1, -0.05) is 19.8 Å². The number of alkyl halides is 1. The third kappa shape index (κ3) is 1.30. The van der Waals surface area contributed by atoms with E-state index in [0.717, 1.165) is 18.8 Å². The molecule has 0 N–H and O–H groups in total. The summed E-state index contributed by atoms with van der Waals surface area (Å²) < 4.78 is 13.4. The molecule has 11 heavy (non-hydrogen) atoms. The summed E-state index contributed by atoms with van der Waals surface area (Å²) in [4.78, 5) is 0. The zero-order valence-corrected chi connectivity index (χ0v) is 7.22. The van der Waals surface area contributed by atoms with Crippen molar-refractivity contribution in [2.75, 3.05) is 0 Å². The van der Waals surface area contributed by atoms with Gasteiger partial charge in [-0.3, -0.25) is 0 Å². The molecule has 2 aliphatic rings. The molecule has 0 saturated heterocycles. The summed E-state index contributed by atoms with van der Waals surface area (Å²) in [6, 6.07) is 0. The molecule has 2 bridgehead atoms. The zero-order chi connectivity index (χ0) is 7.84. The summed E-state index contributed by atoms with van der Waals surface area (Å²) >= 11 is 0. The second-order valence-corrected chi connectivity index (χ2v) is 4.45. The predicted octanol–water partition coefficient (Wildman–Crippen LogP) is 3.17. The Balaban J connectivity index is 2.05. The summed E-state index contributed by atoms with van der Waals surface area (Å²) in [7, 11) is 0. The first kappa shape index (κ1) is 7.57. The third-order valence-corrected chi connectivity index (χ3v) is 3.52. The first-order valence-corrected chi connectivity index (χ1v) is 4.91. The van der Waals surface area contributed by atoms with Crippen molar-refractivity contribution in [2.24, 2.45) is 17.8 Å². The smallest absolute Gasteiger partial charge is 0.105 e. The van der Waals surface area contributed by atoms with Crippen LogP contribution in [0.2, 0.25) is 0 Å². The maximum Gasteiger partial charge on any atom is 0.105 e. The highest BCUT2D eigenvalue weighted by molar-refractivity contribution is 4.87. The molecule has 4 unspecified atom stereocenters. The lowest BCUT2D eigenvalue weighted by molar-refractivity contribution is 0.0410. The van der Waals surface area contributed by atoms with Gasteiger partial charge in [0.05, 0.1) is 0 Å². The van der Waals surface area contributed by atoms with Crippen LogP contribution in [0.5, 0.6) is 0 Å². The minimum absolute atomic E-state index is 0.346. The van der Waals surface area contributed by atoms with E-state index in [1.54, 1.807) is 0 Å². The topological polar surface area (TPSA) is 0 Å². The standard InChI is InChI=1S/C10H17F/c1-7-5-8-3-2-4-9(6-8)10(7)11/h7-10H,2-6H2,1H3. The van der Waals surface area contributed by atoms with E-state index in [1.807, 2.05) is 0 Å². The van der Waals surface area contributed by atoms with E-state index in [2.05, 4.69) is 6.92 Å². The molecular weight excluding hydrogens is 139 g/mol. The number of fused-ring (bicyclic) bond motifs is 2. The van der Waals surface area contributed by atoms with Crippen LogP contribution in [0.25, 0.3) is 0 Å². The number of halogens is 1. The Labute approximate surface area is 68.2 Å². The molecular formula is C10H17F. The van der Waals surface area contributed by atoms with Crippen molar-refractivity contribution in [3.63, 3.8) is 0 Å². The monoisotopic (exact) mass is 156 g/mol. The lowest BCUT2D eigenvalue weighted by Gasteiger charge is -2.40. The van der Waals surface area contributed by atoms with Crippen LogP contribution < -0.4 is 0 Å². The van der Waals surface area contributed by atoms with Gasteiger partial charge in [-0.05, 0) is 37.0 Å².